The zero-order valence-electron chi connectivity index (χ0n) is 8.85. The quantitative estimate of drug-likeness (QED) is 0.703. The van der Waals surface area contributed by atoms with E-state index in [1.807, 2.05) is 16.9 Å². The Hall–Kier alpha value is -0.870. The smallest absolute Gasteiger partial charge is 0.0636 e. The number of aliphatic hydroxyl groups excluding tert-OH is 1. The van der Waals surface area contributed by atoms with Crippen LogP contribution in [0, 0.1) is 0 Å². The number of nitrogens with zero attached hydrogens (tertiary/aromatic N) is 2. The van der Waals surface area contributed by atoms with Gasteiger partial charge < -0.3 is 10.4 Å². The van der Waals surface area contributed by atoms with Crippen molar-refractivity contribution in [2.75, 3.05) is 6.54 Å². The third-order valence-corrected chi connectivity index (χ3v) is 2.11. The van der Waals surface area contributed by atoms with E-state index in [2.05, 4.69) is 17.3 Å². The number of hydrogen-bond donors (Lipinski definition) is 2. The van der Waals surface area contributed by atoms with Crippen LogP contribution in [0.15, 0.2) is 18.5 Å². The summed E-state index contributed by atoms with van der Waals surface area (Å²) in [4.78, 5) is 0. The molecule has 0 aliphatic rings. The molecule has 0 aliphatic carbocycles. The average molecular weight is 197 g/mol. The monoisotopic (exact) mass is 197 g/mol. The van der Waals surface area contributed by atoms with Crippen LogP contribution in [-0.4, -0.2) is 33.6 Å². The molecule has 0 saturated carbocycles. The van der Waals surface area contributed by atoms with Crippen LogP contribution < -0.4 is 5.32 Å². The predicted molar refractivity (Wildman–Crippen MR) is 56.0 cm³/mol. The summed E-state index contributed by atoms with van der Waals surface area (Å²) >= 11 is 0. The molecule has 14 heavy (non-hydrogen) atoms. The topological polar surface area (TPSA) is 50.1 Å². The van der Waals surface area contributed by atoms with Crippen LogP contribution in [0.1, 0.15) is 20.3 Å². The fourth-order valence-electron chi connectivity index (χ4n) is 1.23. The molecule has 4 heteroatoms. The molecule has 1 aromatic heterocycles. The maximum Gasteiger partial charge on any atom is 0.0636 e. The summed E-state index contributed by atoms with van der Waals surface area (Å²) in [7, 11) is 0. The Kier molecular flexibility index (Phi) is 4.62. The molecule has 4 nitrogen and oxygen atoms in total. The van der Waals surface area contributed by atoms with Gasteiger partial charge in [0.2, 0.25) is 0 Å². The number of aromatic nitrogens is 2. The van der Waals surface area contributed by atoms with Crippen LogP contribution in [-0.2, 0) is 6.54 Å². The Balaban J connectivity index is 2.12. The molecule has 0 saturated heterocycles. The fourth-order valence-corrected chi connectivity index (χ4v) is 1.23. The first-order valence-corrected chi connectivity index (χ1v) is 5.07. The standard InChI is InChI=1S/C10H19N3O/c1-9(11-8-10(2)14)4-7-13-6-3-5-12-13/h3,5-6,9-11,14H,4,7-8H2,1-2H3/t9?,10-/m1/s1. The van der Waals surface area contributed by atoms with Crippen LogP contribution in [0.4, 0.5) is 0 Å². The summed E-state index contributed by atoms with van der Waals surface area (Å²) in [6.07, 6.45) is 4.49. The van der Waals surface area contributed by atoms with Crippen molar-refractivity contribution in [2.24, 2.45) is 0 Å². The third kappa shape index (κ3) is 4.39. The summed E-state index contributed by atoms with van der Waals surface area (Å²) in [5, 5.41) is 16.4. The highest BCUT2D eigenvalue weighted by molar-refractivity contribution is 4.78. The first-order valence-electron chi connectivity index (χ1n) is 5.07. The van der Waals surface area contributed by atoms with Crippen molar-refractivity contribution in [2.45, 2.75) is 39.0 Å². The highest BCUT2D eigenvalue weighted by Gasteiger charge is 2.03. The van der Waals surface area contributed by atoms with E-state index >= 15 is 0 Å². The van der Waals surface area contributed by atoms with E-state index < -0.39 is 0 Å². The molecule has 0 amide bonds. The second-order valence-corrected chi connectivity index (χ2v) is 3.72. The van der Waals surface area contributed by atoms with Gasteiger partial charge in [0.15, 0.2) is 0 Å². The van der Waals surface area contributed by atoms with Gasteiger partial charge in [0.05, 0.1) is 6.10 Å². The van der Waals surface area contributed by atoms with Crippen molar-refractivity contribution in [3.63, 3.8) is 0 Å². The summed E-state index contributed by atoms with van der Waals surface area (Å²) in [6, 6.07) is 2.34. The molecule has 80 valence electrons. The molecule has 1 heterocycles. The van der Waals surface area contributed by atoms with Gasteiger partial charge in [0.25, 0.3) is 0 Å². The summed E-state index contributed by atoms with van der Waals surface area (Å²) in [5.74, 6) is 0. The second kappa shape index (κ2) is 5.78. The second-order valence-electron chi connectivity index (χ2n) is 3.72. The van der Waals surface area contributed by atoms with Crippen LogP contribution in [0.5, 0.6) is 0 Å². The van der Waals surface area contributed by atoms with Crippen LogP contribution in [0.3, 0.4) is 0 Å². The number of aliphatic hydroxyl groups is 1. The van der Waals surface area contributed by atoms with Gasteiger partial charge in [-0.15, -0.1) is 0 Å². The van der Waals surface area contributed by atoms with E-state index in [-0.39, 0.29) is 6.10 Å². The lowest BCUT2D eigenvalue weighted by Crippen LogP contribution is -2.33. The largest absolute Gasteiger partial charge is 0.392 e. The average Bonchev–Trinajstić information content (AvgIpc) is 2.63. The molecular weight excluding hydrogens is 178 g/mol. The number of nitrogens with one attached hydrogen (secondary N) is 1. The lowest BCUT2D eigenvalue weighted by Gasteiger charge is -2.14. The molecule has 0 radical (unpaired) electrons. The van der Waals surface area contributed by atoms with Gasteiger partial charge in [-0.05, 0) is 26.3 Å². The fraction of sp³-hybridized carbons (Fsp3) is 0.700. The van der Waals surface area contributed by atoms with Crippen LogP contribution in [0.2, 0.25) is 0 Å². The molecule has 2 atom stereocenters. The Morgan fingerprint density at radius 1 is 1.50 bits per heavy atom. The van der Waals surface area contributed by atoms with Gasteiger partial charge in [0, 0.05) is 31.5 Å². The molecule has 0 bridgehead atoms. The zero-order chi connectivity index (χ0) is 10.4. The summed E-state index contributed by atoms with van der Waals surface area (Å²) in [6.45, 7) is 5.47. The third-order valence-electron chi connectivity index (χ3n) is 2.11. The van der Waals surface area contributed by atoms with Crippen LogP contribution in [0.25, 0.3) is 0 Å². The Bertz CT molecular complexity index is 234. The van der Waals surface area contributed by atoms with E-state index in [0.29, 0.717) is 12.6 Å². The maximum atomic E-state index is 9.07. The molecule has 0 spiro atoms. The van der Waals surface area contributed by atoms with E-state index in [1.54, 1.807) is 13.1 Å². The van der Waals surface area contributed by atoms with E-state index in [0.717, 1.165) is 13.0 Å². The molecule has 0 fully saturated rings. The van der Waals surface area contributed by atoms with Gasteiger partial charge in [-0.1, -0.05) is 0 Å². The molecule has 1 unspecified atom stereocenters. The lowest BCUT2D eigenvalue weighted by molar-refractivity contribution is 0.185. The summed E-state index contributed by atoms with van der Waals surface area (Å²) < 4.78 is 1.92. The van der Waals surface area contributed by atoms with Gasteiger partial charge in [-0.2, -0.15) is 5.10 Å². The minimum absolute atomic E-state index is 0.276. The highest BCUT2D eigenvalue weighted by atomic mass is 16.3. The lowest BCUT2D eigenvalue weighted by atomic mass is 10.2. The molecule has 1 rings (SSSR count). The van der Waals surface area contributed by atoms with E-state index in [4.69, 9.17) is 5.11 Å². The highest BCUT2D eigenvalue weighted by Crippen LogP contribution is 1.95. The van der Waals surface area contributed by atoms with Gasteiger partial charge in [-0.25, -0.2) is 0 Å². The Morgan fingerprint density at radius 2 is 2.29 bits per heavy atom. The van der Waals surface area contributed by atoms with Crippen LogP contribution >= 0.6 is 0 Å². The minimum atomic E-state index is -0.276. The Labute approximate surface area is 84.9 Å². The zero-order valence-corrected chi connectivity index (χ0v) is 8.85. The van der Waals surface area contributed by atoms with Gasteiger partial charge >= 0.3 is 0 Å². The predicted octanol–water partition coefficient (Wildman–Crippen LogP) is 0.632. The summed E-state index contributed by atoms with van der Waals surface area (Å²) in [5.41, 5.74) is 0. The maximum absolute atomic E-state index is 9.07. The van der Waals surface area contributed by atoms with Crippen molar-refractivity contribution in [3.05, 3.63) is 18.5 Å². The Morgan fingerprint density at radius 3 is 2.86 bits per heavy atom. The first kappa shape index (κ1) is 11.2. The minimum Gasteiger partial charge on any atom is -0.392 e. The normalized spacial score (nSPS) is 15.4. The molecule has 0 aromatic carbocycles. The van der Waals surface area contributed by atoms with Gasteiger partial charge in [-0.3, -0.25) is 4.68 Å². The van der Waals surface area contributed by atoms with Crippen molar-refractivity contribution in [3.8, 4) is 0 Å². The van der Waals surface area contributed by atoms with E-state index in [9.17, 15) is 0 Å². The SMILES string of the molecule is CC(CCn1cccn1)NC[C@@H](C)O. The molecule has 0 aliphatic heterocycles. The number of rotatable bonds is 6. The van der Waals surface area contributed by atoms with Crippen molar-refractivity contribution >= 4 is 0 Å². The first-order chi connectivity index (χ1) is 6.68. The van der Waals surface area contributed by atoms with Crippen molar-refractivity contribution < 1.29 is 5.11 Å². The molecule has 2 N–H and O–H groups in total. The molecule has 1 aromatic rings. The number of hydrogen-bond acceptors (Lipinski definition) is 3. The van der Waals surface area contributed by atoms with Gasteiger partial charge in [0.1, 0.15) is 0 Å². The molecular formula is C10H19N3O. The van der Waals surface area contributed by atoms with E-state index in [1.165, 1.54) is 0 Å². The number of aryl methyl sites for hydroxylation is 1. The van der Waals surface area contributed by atoms with Crippen molar-refractivity contribution in [1.82, 2.24) is 15.1 Å². The van der Waals surface area contributed by atoms with Crippen molar-refractivity contribution in [1.29, 1.82) is 0 Å².